The number of aliphatic imine (C=N–C) groups is 1. The number of alkyl halides is 1. The Hall–Kier alpha value is -0.270. The Labute approximate surface area is 107 Å². The third-order valence-electron chi connectivity index (χ3n) is 3.20. The van der Waals surface area contributed by atoms with Crippen molar-refractivity contribution < 1.29 is 0 Å². The third kappa shape index (κ3) is 3.36. The van der Waals surface area contributed by atoms with E-state index in [0.717, 1.165) is 11.5 Å². The summed E-state index contributed by atoms with van der Waals surface area (Å²) in [6.45, 7) is 0. The Morgan fingerprint density at radius 2 is 2.06 bits per heavy atom. The van der Waals surface area contributed by atoms with Gasteiger partial charge in [0.05, 0.1) is 0 Å². The number of allylic oxidation sites excluding steroid dienone is 4. The molecular weight excluding hydrogens is 241 g/mol. The fourth-order valence-electron chi connectivity index (χ4n) is 2.16. The van der Waals surface area contributed by atoms with E-state index in [1.165, 1.54) is 32.1 Å². The molecule has 1 nitrogen and oxygen atoms in total. The highest BCUT2D eigenvalue weighted by Gasteiger charge is 2.23. The van der Waals surface area contributed by atoms with E-state index in [2.05, 4.69) is 4.99 Å². The van der Waals surface area contributed by atoms with Crippen LogP contribution < -0.4 is 0 Å². The quantitative estimate of drug-likeness (QED) is 0.512. The SMILES string of the molecule is ClC1=CCC(Cl)(C=NC2CCCCC2)C=C1. The van der Waals surface area contributed by atoms with Crippen molar-refractivity contribution in [1.29, 1.82) is 0 Å². The highest BCUT2D eigenvalue weighted by Crippen LogP contribution is 2.28. The molecule has 2 aliphatic rings. The first-order valence-electron chi connectivity index (χ1n) is 5.96. The summed E-state index contributed by atoms with van der Waals surface area (Å²) in [4.78, 5) is 4.17. The van der Waals surface area contributed by atoms with Crippen LogP contribution in [0.25, 0.3) is 0 Å². The summed E-state index contributed by atoms with van der Waals surface area (Å²) in [5.74, 6) is 0. The minimum atomic E-state index is -0.449. The van der Waals surface area contributed by atoms with E-state index < -0.39 is 4.87 Å². The molecule has 0 aromatic rings. The molecule has 2 aliphatic carbocycles. The number of nitrogens with zero attached hydrogens (tertiary/aromatic N) is 1. The van der Waals surface area contributed by atoms with Gasteiger partial charge < -0.3 is 0 Å². The summed E-state index contributed by atoms with van der Waals surface area (Å²) in [7, 11) is 0. The highest BCUT2D eigenvalue weighted by atomic mass is 35.5. The molecule has 1 unspecified atom stereocenters. The molecule has 3 heteroatoms. The van der Waals surface area contributed by atoms with E-state index in [1.54, 1.807) is 0 Å². The van der Waals surface area contributed by atoms with Crippen molar-refractivity contribution in [3.05, 3.63) is 23.3 Å². The van der Waals surface area contributed by atoms with E-state index in [1.807, 2.05) is 24.4 Å². The summed E-state index contributed by atoms with van der Waals surface area (Å²) < 4.78 is 0. The average Bonchev–Trinajstić information content (AvgIpc) is 2.33. The molecule has 0 bridgehead atoms. The summed E-state index contributed by atoms with van der Waals surface area (Å²) in [5, 5.41) is 0.766. The monoisotopic (exact) mass is 257 g/mol. The van der Waals surface area contributed by atoms with Gasteiger partial charge in [-0.3, -0.25) is 4.99 Å². The molecule has 88 valence electrons. The first-order chi connectivity index (χ1) is 7.68. The molecule has 1 atom stereocenters. The van der Waals surface area contributed by atoms with Crippen molar-refractivity contribution in [3.8, 4) is 0 Å². The third-order valence-corrected chi connectivity index (χ3v) is 3.86. The number of hydrogen-bond donors (Lipinski definition) is 0. The van der Waals surface area contributed by atoms with Crippen molar-refractivity contribution in [3.63, 3.8) is 0 Å². The van der Waals surface area contributed by atoms with Gasteiger partial charge in [0.2, 0.25) is 0 Å². The van der Waals surface area contributed by atoms with Crippen LogP contribution in [0.4, 0.5) is 0 Å². The Kier molecular flexibility index (Phi) is 4.10. The standard InChI is InChI=1S/C13H17Cl2N/c14-11-6-8-13(15,9-7-11)10-16-12-4-2-1-3-5-12/h6-8,10,12H,1-5,9H2. The molecule has 0 aromatic heterocycles. The van der Waals surface area contributed by atoms with Gasteiger partial charge in [0.1, 0.15) is 4.87 Å². The van der Waals surface area contributed by atoms with Crippen LogP contribution in [0.1, 0.15) is 38.5 Å². The summed E-state index contributed by atoms with van der Waals surface area (Å²) in [6.07, 6.45) is 14.8. The van der Waals surface area contributed by atoms with Crippen LogP contribution in [0.5, 0.6) is 0 Å². The molecule has 0 saturated heterocycles. The van der Waals surface area contributed by atoms with E-state index in [9.17, 15) is 0 Å². The van der Waals surface area contributed by atoms with Crippen LogP contribution in [0.15, 0.2) is 28.3 Å². The smallest absolute Gasteiger partial charge is 0.101 e. The number of rotatable bonds is 2. The molecule has 1 fully saturated rings. The lowest BCUT2D eigenvalue weighted by molar-refractivity contribution is 0.443. The molecular formula is C13H17Cl2N. The molecule has 0 aromatic carbocycles. The zero-order valence-electron chi connectivity index (χ0n) is 9.33. The molecule has 1 saturated carbocycles. The highest BCUT2D eigenvalue weighted by molar-refractivity contribution is 6.35. The van der Waals surface area contributed by atoms with Gasteiger partial charge in [-0.05, 0) is 25.3 Å². The number of hydrogen-bond acceptors (Lipinski definition) is 1. The predicted octanol–water partition coefficient (Wildman–Crippen LogP) is 4.45. The topological polar surface area (TPSA) is 12.4 Å². The molecule has 0 heterocycles. The molecule has 0 spiro atoms. The molecule has 0 amide bonds. The van der Waals surface area contributed by atoms with Crippen molar-refractivity contribution in [2.45, 2.75) is 49.4 Å². The van der Waals surface area contributed by atoms with Crippen molar-refractivity contribution >= 4 is 29.4 Å². The summed E-state index contributed by atoms with van der Waals surface area (Å²) >= 11 is 12.3. The Morgan fingerprint density at radius 3 is 2.69 bits per heavy atom. The number of halogens is 2. The van der Waals surface area contributed by atoms with Gasteiger partial charge in [0.15, 0.2) is 0 Å². The maximum atomic E-state index is 6.42. The molecule has 0 aliphatic heterocycles. The fraction of sp³-hybridized carbons (Fsp3) is 0.615. The van der Waals surface area contributed by atoms with Crippen molar-refractivity contribution in [2.24, 2.45) is 4.99 Å². The minimum absolute atomic E-state index is 0.449. The van der Waals surface area contributed by atoms with Crippen LogP contribution >= 0.6 is 23.2 Å². The van der Waals surface area contributed by atoms with Gasteiger partial charge in [0.25, 0.3) is 0 Å². The lowest BCUT2D eigenvalue weighted by Crippen LogP contribution is -2.23. The second kappa shape index (κ2) is 5.37. The van der Waals surface area contributed by atoms with E-state index in [-0.39, 0.29) is 0 Å². The van der Waals surface area contributed by atoms with E-state index in [0.29, 0.717) is 6.04 Å². The van der Waals surface area contributed by atoms with Crippen LogP contribution in [0.2, 0.25) is 0 Å². The molecule has 16 heavy (non-hydrogen) atoms. The summed E-state index contributed by atoms with van der Waals surface area (Å²) in [5.41, 5.74) is 0. The lowest BCUT2D eigenvalue weighted by Gasteiger charge is -2.22. The predicted molar refractivity (Wildman–Crippen MR) is 71.6 cm³/mol. The molecule has 0 radical (unpaired) electrons. The zero-order chi connectivity index (χ0) is 11.4. The van der Waals surface area contributed by atoms with Crippen LogP contribution in [0, 0.1) is 0 Å². The Balaban J connectivity index is 1.93. The maximum absolute atomic E-state index is 6.42. The van der Waals surface area contributed by atoms with Crippen LogP contribution in [-0.2, 0) is 0 Å². The Bertz CT molecular complexity index is 327. The van der Waals surface area contributed by atoms with Gasteiger partial charge in [-0.25, -0.2) is 0 Å². The minimum Gasteiger partial charge on any atom is -0.292 e. The second-order valence-corrected chi connectivity index (χ2v) is 5.76. The van der Waals surface area contributed by atoms with E-state index >= 15 is 0 Å². The Morgan fingerprint density at radius 1 is 1.31 bits per heavy atom. The normalized spacial score (nSPS) is 32.0. The largest absolute Gasteiger partial charge is 0.292 e. The van der Waals surface area contributed by atoms with Gasteiger partial charge in [-0.15, -0.1) is 11.6 Å². The van der Waals surface area contributed by atoms with Crippen LogP contribution in [0.3, 0.4) is 0 Å². The molecule has 2 rings (SSSR count). The molecule has 0 N–H and O–H groups in total. The fourth-order valence-corrected chi connectivity index (χ4v) is 2.50. The van der Waals surface area contributed by atoms with Crippen molar-refractivity contribution in [1.82, 2.24) is 0 Å². The lowest BCUT2D eigenvalue weighted by atomic mass is 9.95. The van der Waals surface area contributed by atoms with Crippen LogP contribution in [-0.4, -0.2) is 17.1 Å². The first kappa shape index (κ1) is 12.2. The van der Waals surface area contributed by atoms with Gasteiger partial charge in [-0.2, -0.15) is 0 Å². The second-order valence-electron chi connectivity index (χ2n) is 4.62. The van der Waals surface area contributed by atoms with Gasteiger partial charge in [-0.1, -0.05) is 43.0 Å². The van der Waals surface area contributed by atoms with Gasteiger partial charge >= 0.3 is 0 Å². The first-order valence-corrected chi connectivity index (χ1v) is 6.72. The van der Waals surface area contributed by atoms with Crippen molar-refractivity contribution in [2.75, 3.05) is 0 Å². The summed E-state index contributed by atoms with van der Waals surface area (Å²) in [6, 6.07) is 0.485. The maximum Gasteiger partial charge on any atom is 0.101 e. The zero-order valence-corrected chi connectivity index (χ0v) is 10.8. The average molecular weight is 258 g/mol. The van der Waals surface area contributed by atoms with E-state index in [4.69, 9.17) is 23.2 Å². The van der Waals surface area contributed by atoms with Gasteiger partial charge in [0, 0.05) is 17.3 Å².